The first-order valence-electron chi connectivity index (χ1n) is 9.96. The van der Waals surface area contributed by atoms with Gasteiger partial charge < -0.3 is 4.74 Å². The molecular weight excluding hydrogens is 407 g/mol. The number of ether oxygens (including phenoxy) is 1. The second kappa shape index (κ2) is 10.9. The monoisotopic (exact) mass is 436 g/mol. The summed E-state index contributed by atoms with van der Waals surface area (Å²) >= 11 is 0. The lowest BCUT2D eigenvalue weighted by Gasteiger charge is -2.41. The van der Waals surface area contributed by atoms with Gasteiger partial charge in [-0.25, -0.2) is 4.79 Å². The van der Waals surface area contributed by atoms with E-state index in [1.165, 1.54) is 37.5 Å². The molecule has 0 radical (unpaired) electrons. The fourth-order valence-electron chi connectivity index (χ4n) is 4.62. The van der Waals surface area contributed by atoms with Crippen molar-refractivity contribution in [3.05, 3.63) is 71.3 Å². The first-order valence-corrected chi connectivity index (χ1v) is 9.96. The molecule has 0 N–H and O–H groups in total. The summed E-state index contributed by atoms with van der Waals surface area (Å²) in [5.74, 6) is 0.676. The molecule has 2 unspecified atom stereocenters. The molecule has 29 heavy (non-hydrogen) atoms. The SMILES string of the molecule is COC(=O)N1CCN(CCC2CCc3ccccc32)CC1c1ccccc1.Cl.Cl. The molecule has 0 saturated carbocycles. The van der Waals surface area contributed by atoms with Gasteiger partial charge in [0.1, 0.15) is 0 Å². The fraction of sp³-hybridized carbons (Fsp3) is 0.435. The van der Waals surface area contributed by atoms with Crippen LogP contribution < -0.4 is 0 Å². The third kappa shape index (κ3) is 5.25. The minimum atomic E-state index is -0.228. The Morgan fingerprint density at radius 1 is 1.03 bits per heavy atom. The van der Waals surface area contributed by atoms with Crippen molar-refractivity contribution in [3.8, 4) is 0 Å². The predicted molar refractivity (Wildman–Crippen MR) is 121 cm³/mol. The number of hydrogen-bond donors (Lipinski definition) is 0. The smallest absolute Gasteiger partial charge is 0.410 e. The number of hydrogen-bond acceptors (Lipinski definition) is 3. The van der Waals surface area contributed by atoms with Gasteiger partial charge in [-0.3, -0.25) is 9.80 Å². The van der Waals surface area contributed by atoms with Gasteiger partial charge >= 0.3 is 6.09 Å². The van der Waals surface area contributed by atoms with Crippen LogP contribution in [-0.4, -0.2) is 49.2 Å². The molecule has 1 fully saturated rings. The number of piperazine rings is 1. The maximum Gasteiger partial charge on any atom is 0.410 e. The van der Waals surface area contributed by atoms with Crippen LogP contribution in [0.15, 0.2) is 54.6 Å². The van der Waals surface area contributed by atoms with E-state index in [1.807, 2.05) is 23.1 Å². The lowest BCUT2D eigenvalue weighted by molar-refractivity contribution is 0.0556. The van der Waals surface area contributed by atoms with Gasteiger partial charge in [0.2, 0.25) is 0 Å². The van der Waals surface area contributed by atoms with Crippen molar-refractivity contribution in [2.45, 2.75) is 31.2 Å². The first kappa shape index (κ1) is 23.5. The molecular formula is C23H30Cl2N2O2. The van der Waals surface area contributed by atoms with E-state index in [2.05, 4.69) is 41.3 Å². The van der Waals surface area contributed by atoms with Gasteiger partial charge in [0.25, 0.3) is 0 Å². The molecule has 1 aliphatic carbocycles. The van der Waals surface area contributed by atoms with Crippen LogP contribution in [0.3, 0.4) is 0 Å². The minimum absolute atomic E-state index is 0. The Hall–Kier alpha value is -1.75. The number of carbonyl (C=O) groups is 1. The fourth-order valence-corrected chi connectivity index (χ4v) is 4.62. The van der Waals surface area contributed by atoms with Crippen LogP contribution >= 0.6 is 24.8 Å². The molecule has 0 spiro atoms. The van der Waals surface area contributed by atoms with Gasteiger partial charge in [0.05, 0.1) is 13.2 Å². The van der Waals surface area contributed by atoms with Crippen molar-refractivity contribution in [2.24, 2.45) is 0 Å². The summed E-state index contributed by atoms with van der Waals surface area (Å²) in [6.07, 6.45) is 3.44. The molecule has 0 aromatic heterocycles. The molecule has 2 atom stereocenters. The minimum Gasteiger partial charge on any atom is -0.453 e. The van der Waals surface area contributed by atoms with Gasteiger partial charge in [-0.1, -0.05) is 54.6 Å². The molecule has 1 amide bonds. The Bertz CT molecular complexity index is 787. The Morgan fingerprint density at radius 3 is 2.52 bits per heavy atom. The topological polar surface area (TPSA) is 32.8 Å². The summed E-state index contributed by atoms with van der Waals surface area (Å²) in [7, 11) is 1.47. The number of rotatable bonds is 4. The first-order chi connectivity index (χ1) is 13.3. The maximum atomic E-state index is 12.2. The molecule has 158 valence electrons. The maximum absolute atomic E-state index is 12.2. The van der Waals surface area contributed by atoms with Crippen LogP contribution in [0, 0.1) is 0 Å². The Kier molecular flexibility index (Phi) is 8.81. The van der Waals surface area contributed by atoms with Gasteiger partial charge in [-0.2, -0.15) is 0 Å². The van der Waals surface area contributed by atoms with Crippen molar-refractivity contribution >= 4 is 30.9 Å². The molecule has 2 aromatic rings. The number of aryl methyl sites for hydroxylation is 1. The van der Waals surface area contributed by atoms with Gasteiger partial charge in [-0.05, 0) is 48.4 Å². The Labute approximate surface area is 186 Å². The third-order valence-electron chi connectivity index (χ3n) is 6.11. The molecule has 0 bridgehead atoms. The van der Waals surface area contributed by atoms with Gasteiger partial charge in [0, 0.05) is 19.6 Å². The Morgan fingerprint density at radius 2 is 1.76 bits per heavy atom. The zero-order valence-electron chi connectivity index (χ0n) is 16.8. The van der Waals surface area contributed by atoms with E-state index >= 15 is 0 Å². The highest BCUT2D eigenvalue weighted by Gasteiger charge is 2.32. The number of amides is 1. The second-order valence-corrected chi connectivity index (χ2v) is 7.61. The van der Waals surface area contributed by atoms with Crippen LogP contribution in [0.25, 0.3) is 0 Å². The summed E-state index contributed by atoms with van der Waals surface area (Å²) in [6, 6.07) is 19.3. The predicted octanol–water partition coefficient (Wildman–Crippen LogP) is 5.08. The highest BCUT2D eigenvalue weighted by Crippen LogP contribution is 2.36. The molecule has 1 saturated heterocycles. The Balaban J connectivity index is 0.00000150. The van der Waals surface area contributed by atoms with Crippen LogP contribution in [0.1, 0.15) is 41.5 Å². The van der Waals surface area contributed by atoms with Crippen molar-refractivity contribution in [2.75, 3.05) is 33.3 Å². The van der Waals surface area contributed by atoms with Gasteiger partial charge in [-0.15, -0.1) is 24.8 Å². The summed E-state index contributed by atoms with van der Waals surface area (Å²) < 4.78 is 5.03. The van der Waals surface area contributed by atoms with E-state index < -0.39 is 0 Å². The molecule has 6 heteroatoms. The summed E-state index contributed by atoms with van der Waals surface area (Å²) in [4.78, 5) is 16.6. The zero-order valence-corrected chi connectivity index (χ0v) is 18.5. The zero-order chi connectivity index (χ0) is 18.6. The van der Waals surface area contributed by atoms with Gasteiger partial charge in [0.15, 0.2) is 0 Å². The van der Waals surface area contributed by atoms with Crippen molar-refractivity contribution in [1.82, 2.24) is 9.80 Å². The molecule has 2 aliphatic rings. The van der Waals surface area contributed by atoms with Crippen LogP contribution in [0.2, 0.25) is 0 Å². The van der Waals surface area contributed by atoms with E-state index in [0.29, 0.717) is 12.5 Å². The number of benzene rings is 2. The van der Waals surface area contributed by atoms with E-state index in [0.717, 1.165) is 19.6 Å². The largest absolute Gasteiger partial charge is 0.453 e. The average Bonchev–Trinajstić information content (AvgIpc) is 3.15. The normalized spacial score (nSPS) is 20.9. The third-order valence-corrected chi connectivity index (χ3v) is 6.11. The summed E-state index contributed by atoms with van der Waals surface area (Å²) in [5.41, 5.74) is 4.25. The van der Waals surface area contributed by atoms with Crippen molar-refractivity contribution < 1.29 is 9.53 Å². The lowest BCUT2D eigenvalue weighted by atomic mass is 9.97. The number of nitrogens with zero attached hydrogens (tertiary/aromatic N) is 2. The quantitative estimate of drug-likeness (QED) is 0.669. The number of halogens is 2. The second-order valence-electron chi connectivity index (χ2n) is 7.61. The number of methoxy groups -OCH3 is 1. The molecule has 2 aromatic carbocycles. The standard InChI is InChI=1S/C23H28N2O2.2ClH/c1-27-23(26)25-16-15-24(17-22(25)20-8-3-2-4-9-20)14-13-19-12-11-18-7-5-6-10-21(18)19;;/h2-10,19,22H,11-17H2,1H3;2*1H. The van der Waals surface area contributed by atoms with Crippen LogP contribution in [0.5, 0.6) is 0 Å². The average molecular weight is 437 g/mol. The van der Waals surface area contributed by atoms with E-state index in [1.54, 1.807) is 5.56 Å². The summed E-state index contributed by atoms with van der Waals surface area (Å²) in [6.45, 7) is 3.57. The lowest BCUT2D eigenvalue weighted by Crippen LogP contribution is -2.50. The molecule has 4 nitrogen and oxygen atoms in total. The van der Waals surface area contributed by atoms with E-state index in [4.69, 9.17) is 4.74 Å². The van der Waals surface area contributed by atoms with E-state index in [-0.39, 0.29) is 36.9 Å². The van der Waals surface area contributed by atoms with Crippen LogP contribution in [0.4, 0.5) is 4.79 Å². The molecule has 4 rings (SSSR count). The molecule has 1 aliphatic heterocycles. The van der Waals surface area contributed by atoms with Crippen molar-refractivity contribution in [1.29, 1.82) is 0 Å². The number of carbonyl (C=O) groups excluding carboxylic acids is 1. The van der Waals surface area contributed by atoms with E-state index in [9.17, 15) is 4.79 Å². The molecule has 1 heterocycles. The highest BCUT2D eigenvalue weighted by molar-refractivity contribution is 5.85. The number of fused-ring (bicyclic) bond motifs is 1. The summed E-state index contributed by atoms with van der Waals surface area (Å²) in [5, 5.41) is 0. The highest BCUT2D eigenvalue weighted by atomic mass is 35.5. The van der Waals surface area contributed by atoms with Crippen molar-refractivity contribution in [3.63, 3.8) is 0 Å². The van der Waals surface area contributed by atoms with Crippen LogP contribution in [-0.2, 0) is 11.2 Å².